The fourth-order valence-corrected chi connectivity index (χ4v) is 1.45. The molecular formula is C12H18O5S. The highest BCUT2D eigenvalue weighted by atomic mass is 32.2. The van der Waals surface area contributed by atoms with Gasteiger partial charge in [-0.1, -0.05) is 24.6 Å². The molecule has 5 nitrogen and oxygen atoms in total. The highest BCUT2D eigenvalue weighted by Crippen LogP contribution is 2.08. The maximum Gasteiger partial charge on any atom is 0.305 e. The Balaban J connectivity index is 0.000000360. The number of rotatable bonds is 3. The van der Waals surface area contributed by atoms with Gasteiger partial charge < -0.3 is 4.74 Å². The maximum absolute atomic E-state index is 10.5. The predicted molar refractivity (Wildman–Crippen MR) is 67.9 cm³/mol. The van der Waals surface area contributed by atoms with Gasteiger partial charge in [-0.15, -0.1) is 0 Å². The van der Waals surface area contributed by atoms with E-state index in [2.05, 4.69) is 4.74 Å². The van der Waals surface area contributed by atoms with E-state index in [0.717, 1.165) is 5.56 Å². The molecule has 0 saturated heterocycles. The van der Waals surface area contributed by atoms with Crippen LogP contribution in [0.5, 0.6) is 0 Å². The second-order valence-corrected chi connectivity index (χ2v) is 4.87. The van der Waals surface area contributed by atoms with Gasteiger partial charge in [-0.05, 0) is 26.0 Å². The zero-order valence-electron chi connectivity index (χ0n) is 10.7. The number of benzene rings is 1. The average Bonchev–Trinajstić information content (AvgIpc) is 2.29. The largest absolute Gasteiger partial charge is 0.466 e. The highest BCUT2D eigenvalue weighted by Gasteiger charge is 2.06. The predicted octanol–water partition coefficient (Wildman–Crippen LogP) is 2.20. The summed E-state index contributed by atoms with van der Waals surface area (Å²) in [5, 5.41) is 0. The van der Waals surface area contributed by atoms with Crippen molar-refractivity contribution in [1.82, 2.24) is 0 Å². The minimum atomic E-state index is -4.02. The normalized spacial score (nSPS) is 10.2. The fourth-order valence-electron chi connectivity index (χ4n) is 0.973. The molecule has 0 amide bonds. The van der Waals surface area contributed by atoms with Crippen LogP contribution in [0, 0.1) is 6.92 Å². The van der Waals surface area contributed by atoms with E-state index in [9.17, 15) is 13.2 Å². The van der Waals surface area contributed by atoms with E-state index in [4.69, 9.17) is 4.55 Å². The van der Waals surface area contributed by atoms with E-state index in [1.165, 1.54) is 12.1 Å². The molecule has 6 heteroatoms. The quantitative estimate of drug-likeness (QED) is 0.675. The molecule has 0 fully saturated rings. The molecule has 1 N–H and O–H groups in total. The third-order valence-electron chi connectivity index (χ3n) is 1.91. The lowest BCUT2D eigenvalue weighted by Crippen LogP contribution is -2.00. The molecule has 1 rings (SSSR count). The zero-order chi connectivity index (χ0) is 14.2. The number of hydrogen-bond donors (Lipinski definition) is 1. The molecule has 1 aromatic carbocycles. The van der Waals surface area contributed by atoms with Crippen LogP contribution in [0.1, 0.15) is 25.8 Å². The van der Waals surface area contributed by atoms with Crippen molar-refractivity contribution in [3.63, 3.8) is 0 Å². The van der Waals surface area contributed by atoms with E-state index in [0.29, 0.717) is 13.0 Å². The van der Waals surface area contributed by atoms with Gasteiger partial charge in [0.2, 0.25) is 0 Å². The smallest absolute Gasteiger partial charge is 0.305 e. The SMILES string of the molecule is CCOC(=O)CC.Cc1ccc(S(=O)(=O)O)cc1. The first kappa shape index (κ1) is 16.6. The second-order valence-electron chi connectivity index (χ2n) is 3.45. The van der Waals surface area contributed by atoms with E-state index < -0.39 is 10.1 Å². The molecule has 0 heterocycles. The standard InChI is InChI=1S/C7H8O3S.C5H10O2/c1-6-2-4-7(5-3-6)11(8,9)10;1-3-5(6)7-4-2/h2-5H,1H3,(H,8,9,10);3-4H2,1-2H3. The van der Waals surface area contributed by atoms with Crippen LogP contribution >= 0.6 is 0 Å². The van der Waals surface area contributed by atoms with Gasteiger partial charge in [-0.25, -0.2) is 0 Å². The van der Waals surface area contributed by atoms with Gasteiger partial charge in [0.1, 0.15) is 0 Å². The molecule has 0 saturated carbocycles. The highest BCUT2D eigenvalue weighted by molar-refractivity contribution is 7.85. The van der Waals surface area contributed by atoms with Crippen molar-refractivity contribution < 1.29 is 22.5 Å². The molecule has 0 radical (unpaired) electrons. The maximum atomic E-state index is 10.5. The summed E-state index contributed by atoms with van der Waals surface area (Å²) in [6.07, 6.45) is 0.480. The molecule has 0 aromatic heterocycles. The lowest BCUT2D eigenvalue weighted by Gasteiger charge is -1.95. The zero-order valence-corrected chi connectivity index (χ0v) is 11.5. The number of carbonyl (C=O) groups is 1. The fraction of sp³-hybridized carbons (Fsp3) is 0.417. The van der Waals surface area contributed by atoms with Gasteiger partial charge in [-0.3, -0.25) is 9.35 Å². The summed E-state index contributed by atoms with van der Waals surface area (Å²) in [6.45, 7) is 5.91. The van der Waals surface area contributed by atoms with Crippen molar-refractivity contribution in [3.05, 3.63) is 29.8 Å². The summed E-state index contributed by atoms with van der Waals surface area (Å²) in [6, 6.07) is 5.99. The van der Waals surface area contributed by atoms with E-state index in [1.54, 1.807) is 26.0 Å². The van der Waals surface area contributed by atoms with Crippen molar-refractivity contribution >= 4 is 16.1 Å². The van der Waals surface area contributed by atoms with Crippen molar-refractivity contribution in [2.45, 2.75) is 32.1 Å². The molecule has 0 spiro atoms. The lowest BCUT2D eigenvalue weighted by atomic mass is 10.2. The van der Waals surface area contributed by atoms with Crippen LogP contribution in [-0.2, 0) is 19.6 Å². The number of ether oxygens (including phenoxy) is 1. The Morgan fingerprint density at radius 2 is 1.72 bits per heavy atom. The Labute approximate surface area is 108 Å². The molecule has 0 aliphatic rings. The number of carbonyl (C=O) groups excluding carboxylic acids is 1. The van der Waals surface area contributed by atoms with E-state index in [1.807, 2.05) is 6.92 Å². The third kappa shape index (κ3) is 7.03. The first-order valence-corrected chi connectivity index (χ1v) is 6.95. The molecular weight excluding hydrogens is 256 g/mol. The van der Waals surface area contributed by atoms with Crippen LogP contribution < -0.4 is 0 Å². The van der Waals surface area contributed by atoms with Gasteiger partial charge in [0.15, 0.2) is 0 Å². The van der Waals surface area contributed by atoms with Crippen molar-refractivity contribution in [2.75, 3.05) is 6.61 Å². The van der Waals surface area contributed by atoms with Crippen LogP contribution in [0.25, 0.3) is 0 Å². The van der Waals surface area contributed by atoms with E-state index >= 15 is 0 Å². The van der Waals surface area contributed by atoms with Crippen LogP contribution in [-0.4, -0.2) is 25.5 Å². The summed E-state index contributed by atoms with van der Waals surface area (Å²) in [5.74, 6) is -0.123. The average molecular weight is 274 g/mol. The lowest BCUT2D eigenvalue weighted by molar-refractivity contribution is -0.142. The summed E-state index contributed by atoms with van der Waals surface area (Å²) in [4.78, 5) is 10.1. The van der Waals surface area contributed by atoms with Gasteiger partial charge >= 0.3 is 5.97 Å². The Bertz CT molecular complexity index is 462. The molecule has 0 atom stereocenters. The van der Waals surface area contributed by atoms with Gasteiger partial charge in [-0.2, -0.15) is 8.42 Å². The first-order chi connectivity index (χ1) is 8.31. The van der Waals surface area contributed by atoms with Crippen LogP contribution in [0.15, 0.2) is 29.2 Å². The first-order valence-electron chi connectivity index (χ1n) is 5.51. The Morgan fingerprint density at radius 3 is 2.00 bits per heavy atom. The van der Waals surface area contributed by atoms with Crippen molar-refractivity contribution in [1.29, 1.82) is 0 Å². The van der Waals surface area contributed by atoms with Gasteiger partial charge in [0.25, 0.3) is 10.1 Å². The van der Waals surface area contributed by atoms with E-state index in [-0.39, 0.29) is 10.9 Å². The summed E-state index contributed by atoms with van der Waals surface area (Å²) in [5.41, 5.74) is 0.956. The topological polar surface area (TPSA) is 80.7 Å². The van der Waals surface area contributed by atoms with Crippen LogP contribution in [0.2, 0.25) is 0 Å². The van der Waals surface area contributed by atoms with Gasteiger partial charge in [0, 0.05) is 6.42 Å². The Kier molecular flexibility index (Phi) is 7.23. The molecule has 0 bridgehead atoms. The number of esters is 1. The number of hydrogen-bond acceptors (Lipinski definition) is 4. The molecule has 18 heavy (non-hydrogen) atoms. The Hall–Kier alpha value is -1.40. The van der Waals surface area contributed by atoms with Crippen molar-refractivity contribution in [2.24, 2.45) is 0 Å². The summed E-state index contributed by atoms with van der Waals surface area (Å²) < 4.78 is 34.1. The summed E-state index contributed by atoms with van der Waals surface area (Å²) in [7, 11) is -4.02. The minimum Gasteiger partial charge on any atom is -0.466 e. The van der Waals surface area contributed by atoms with Crippen molar-refractivity contribution in [3.8, 4) is 0 Å². The van der Waals surface area contributed by atoms with Crippen LogP contribution in [0.3, 0.4) is 0 Å². The molecule has 0 aliphatic heterocycles. The monoisotopic (exact) mass is 274 g/mol. The molecule has 0 aliphatic carbocycles. The molecule has 102 valence electrons. The summed E-state index contributed by atoms with van der Waals surface area (Å²) >= 11 is 0. The number of aryl methyl sites for hydroxylation is 1. The van der Waals surface area contributed by atoms with Gasteiger partial charge in [0.05, 0.1) is 11.5 Å². The molecule has 0 unspecified atom stereocenters. The second kappa shape index (κ2) is 7.84. The van der Waals surface area contributed by atoms with Crippen LogP contribution in [0.4, 0.5) is 0 Å². The third-order valence-corrected chi connectivity index (χ3v) is 2.78. The Morgan fingerprint density at radius 1 is 1.22 bits per heavy atom. The molecule has 1 aromatic rings. The minimum absolute atomic E-state index is 0.0666.